The summed E-state index contributed by atoms with van der Waals surface area (Å²) in [4.78, 5) is 11.6. The molecule has 2 aromatic carbocycles. The molecule has 2 rings (SSSR count). The number of hydrogen-bond acceptors (Lipinski definition) is 3. The van der Waals surface area contributed by atoms with E-state index in [9.17, 15) is 9.90 Å². The van der Waals surface area contributed by atoms with Crippen LogP contribution in [-0.4, -0.2) is 17.7 Å². The van der Waals surface area contributed by atoms with E-state index in [-0.39, 0.29) is 17.1 Å². The Kier molecular flexibility index (Phi) is 5.31. The van der Waals surface area contributed by atoms with Gasteiger partial charge in [-0.3, -0.25) is 0 Å². The molecule has 124 valence electrons. The fourth-order valence-electron chi connectivity index (χ4n) is 2.26. The maximum atomic E-state index is 11.6. The number of phenols is 1. The predicted octanol–water partition coefficient (Wildman–Crippen LogP) is 4.27. The largest absolute Gasteiger partial charge is 0.508 e. The number of esters is 1. The zero-order valence-electron chi connectivity index (χ0n) is 14.5. The van der Waals surface area contributed by atoms with Gasteiger partial charge in [0.05, 0.1) is 12.2 Å². The zero-order chi connectivity index (χ0) is 17.7. The minimum absolute atomic E-state index is 0.150. The van der Waals surface area contributed by atoms with Gasteiger partial charge in [0.1, 0.15) is 5.75 Å². The summed E-state index contributed by atoms with van der Waals surface area (Å²) in [6.07, 6.45) is 0. The second-order valence-electron chi connectivity index (χ2n) is 6.53. The third-order valence-corrected chi connectivity index (χ3v) is 3.55. The lowest BCUT2D eigenvalue weighted by molar-refractivity contribution is 0.0526. The highest BCUT2D eigenvalue weighted by atomic mass is 16.5. The molecule has 2 aromatic rings. The van der Waals surface area contributed by atoms with Crippen molar-refractivity contribution < 1.29 is 14.6 Å². The van der Waals surface area contributed by atoms with Crippen molar-refractivity contribution in [3.8, 4) is 17.6 Å². The van der Waals surface area contributed by atoms with Gasteiger partial charge < -0.3 is 9.84 Å². The van der Waals surface area contributed by atoms with Gasteiger partial charge in [0.2, 0.25) is 0 Å². The maximum Gasteiger partial charge on any atom is 0.338 e. The van der Waals surface area contributed by atoms with E-state index in [0.29, 0.717) is 12.2 Å². The zero-order valence-corrected chi connectivity index (χ0v) is 14.5. The van der Waals surface area contributed by atoms with Crippen molar-refractivity contribution in [3.63, 3.8) is 0 Å². The third kappa shape index (κ3) is 4.39. The molecule has 0 heterocycles. The van der Waals surface area contributed by atoms with E-state index in [4.69, 9.17) is 4.74 Å². The molecule has 0 spiro atoms. The fourth-order valence-corrected chi connectivity index (χ4v) is 2.26. The summed E-state index contributed by atoms with van der Waals surface area (Å²) < 4.78 is 4.95. The van der Waals surface area contributed by atoms with Crippen molar-refractivity contribution in [2.45, 2.75) is 33.1 Å². The minimum atomic E-state index is -0.328. The van der Waals surface area contributed by atoms with Crippen LogP contribution in [0.25, 0.3) is 0 Å². The summed E-state index contributed by atoms with van der Waals surface area (Å²) in [6.45, 7) is 8.28. The Morgan fingerprint density at radius 3 is 2.21 bits per heavy atom. The fraction of sp³-hybridized carbons (Fsp3) is 0.286. The molecule has 3 nitrogen and oxygen atoms in total. The molecule has 0 saturated carbocycles. The van der Waals surface area contributed by atoms with Crippen molar-refractivity contribution in [1.29, 1.82) is 0 Å². The van der Waals surface area contributed by atoms with Gasteiger partial charge in [-0.15, -0.1) is 0 Å². The highest BCUT2D eigenvalue weighted by Crippen LogP contribution is 2.30. The van der Waals surface area contributed by atoms with E-state index in [0.717, 1.165) is 16.7 Å². The first-order chi connectivity index (χ1) is 11.3. The lowest BCUT2D eigenvalue weighted by Gasteiger charge is -2.20. The molecule has 0 radical (unpaired) electrons. The predicted molar refractivity (Wildman–Crippen MR) is 95.2 cm³/mol. The van der Waals surface area contributed by atoms with E-state index in [1.807, 2.05) is 26.8 Å². The number of benzene rings is 2. The Bertz CT molecular complexity index is 785. The van der Waals surface area contributed by atoms with Gasteiger partial charge in [-0.05, 0) is 54.8 Å². The molecule has 0 aliphatic rings. The second-order valence-corrected chi connectivity index (χ2v) is 6.53. The van der Waals surface area contributed by atoms with Crippen molar-refractivity contribution in [1.82, 2.24) is 0 Å². The van der Waals surface area contributed by atoms with Crippen LogP contribution in [0.15, 0.2) is 42.5 Å². The molecule has 0 aliphatic heterocycles. The van der Waals surface area contributed by atoms with Gasteiger partial charge in [0.15, 0.2) is 0 Å². The van der Waals surface area contributed by atoms with Gasteiger partial charge in [-0.1, -0.05) is 32.6 Å². The summed E-state index contributed by atoms with van der Waals surface area (Å²) in [5, 5.41) is 9.99. The van der Waals surface area contributed by atoms with Crippen LogP contribution in [-0.2, 0) is 10.2 Å². The smallest absolute Gasteiger partial charge is 0.338 e. The van der Waals surface area contributed by atoms with Crippen LogP contribution in [0.4, 0.5) is 0 Å². The lowest BCUT2D eigenvalue weighted by Crippen LogP contribution is -2.11. The van der Waals surface area contributed by atoms with E-state index in [2.05, 4.69) is 11.8 Å². The average Bonchev–Trinajstić information content (AvgIpc) is 2.53. The molecule has 0 aromatic heterocycles. The van der Waals surface area contributed by atoms with Gasteiger partial charge in [-0.2, -0.15) is 0 Å². The monoisotopic (exact) mass is 322 g/mol. The van der Waals surface area contributed by atoms with Gasteiger partial charge in [0, 0.05) is 16.7 Å². The van der Waals surface area contributed by atoms with E-state index >= 15 is 0 Å². The van der Waals surface area contributed by atoms with Crippen LogP contribution in [0.1, 0.15) is 54.7 Å². The molecule has 0 unspecified atom stereocenters. The molecule has 0 bridgehead atoms. The topological polar surface area (TPSA) is 46.5 Å². The number of carbonyl (C=O) groups is 1. The Labute approximate surface area is 143 Å². The van der Waals surface area contributed by atoms with Crippen LogP contribution >= 0.6 is 0 Å². The molecule has 24 heavy (non-hydrogen) atoms. The van der Waals surface area contributed by atoms with Crippen molar-refractivity contribution in [3.05, 3.63) is 64.7 Å². The Balaban J connectivity index is 2.23. The summed E-state index contributed by atoms with van der Waals surface area (Å²) >= 11 is 0. The van der Waals surface area contributed by atoms with Crippen LogP contribution < -0.4 is 0 Å². The summed E-state index contributed by atoms with van der Waals surface area (Å²) in [7, 11) is 0. The average molecular weight is 322 g/mol. The van der Waals surface area contributed by atoms with Crippen molar-refractivity contribution in [2.75, 3.05) is 6.61 Å². The number of carbonyl (C=O) groups excluding carboxylic acids is 1. The first kappa shape index (κ1) is 17.6. The Hall–Kier alpha value is -2.73. The van der Waals surface area contributed by atoms with Crippen molar-refractivity contribution >= 4 is 5.97 Å². The van der Waals surface area contributed by atoms with E-state index in [1.165, 1.54) is 0 Å². The third-order valence-electron chi connectivity index (χ3n) is 3.55. The number of ether oxygens (including phenoxy) is 1. The highest BCUT2D eigenvalue weighted by molar-refractivity contribution is 5.89. The normalized spacial score (nSPS) is 10.7. The standard InChI is InChI=1S/C21H22O3/c1-5-24-20(23)17-11-8-15(9-12-17)6-7-16-10-13-19(22)18(14-16)21(2,3)4/h8-14,22H,5H2,1-4H3. The van der Waals surface area contributed by atoms with E-state index in [1.54, 1.807) is 43.3 Å². The Morgan fingerprint density at radius 2 is 1.62 bits per heavy atom. The molecule has 0 saturated heterocycles. The number of rotatable bonds is 2. The first-order valence-electron chi connectivity index (χ1n) is 7.94. The molecule has 0 amide bonds. The van der Waals surface area contributed by atoms with Crippen molar-refractivity contribution in [2.24, 2.45) is 0 Å². The number of aromatic hydroxyl groups is 1. The quantitative estimate of drug-likeness (QED) is 0.663. The first-order valence-corrected chi connectivity index (χ1v) is 7.94. The highest BCUT2D eigenvalue weighted by Gasteiger charge is 2.17. The van der Waals surface area contributed by atoms with Crippen LogP contribution in [0.3, 0.4) is 0 Å². The second kappa shape index (κ2) is 7.23. The summed E-state index contributed by atoms with van der Waals surface area (Å²) in [6, 6.07) is 12.4. The van der Waals surface area contributed by atoms with Crippen LogP contribution in [0, 0.1) is 11.8 Å². The molecule has 0 fully saturated rings. The lowest BCUT2D eigenvalue weighted by atomic mass is 9.85. The molecule has 0 aliphatic carbocycles. The molecule has 1 N–H and O–H groups in total. The maximum absolute atomic E-state index is 11.6. The van der Waals surface area contributed by atoms with Crippen LogP contribution in [0.2, 0.25) is 0 Å². The minimum Gasteiger partial charge on any atom is -0.508 e. The van der Waals surface area contributed by atoms with Crippen LogP contribution in [0.5, 0.6) is 5.75 Å². The van der Waals surface area contributed by atoms with Gasteiger partial charge in [0.25, 0.3) is 0 Å². The summed E-state index contributed by atoms with van der Waals surface area (Å²) in [5.74, 6) is 6.13. The number of phenolic OH excluding ortho intramolecular Hbond substituents is 1. The van der Waals surface area contributed by atoms with Gasteiger partial charge in [-0.25, -0.2) is 4.79 Å². The van der Waals surface area contributed by atoms with Gasteiger partial charge >= 0.3 is 5.97 Å². The SMILES string of the molecule is CCOC(=O)c1ccc(C#Cc2ccc(O)c(C(C)(C)C)c2)cc1. The molecular formula is C21H22O3. The molecule has 0 atom stereocenters. The van der Waals surface area contributed by atoms with E-state index < -0.39 is 0 Å². The summed E-state index contributed by atoms with van der Waals surface area (Å²) in [5.41, 5.74) is 2.89. The molecular weight excluding hydrogens is 300 g/mol. The number of hydrogen-bond donors (Lipinski definition) is 1. The Morgan fingerprint density at radius 1 is 1.04 bits per heavy atom. The molecule has 3 heteroatoms.